The first kappa shape index (κ1) is 20.5. The van der Waals surface area contributed by atoms with E-state index in [-0.39, 0.29) is 17.4 Å². The van der Waals surface area contributed by atoms with Gasteiger partial charge in [0.2, 0.25) is 0 Å². The molecule has 0 spiro atoms. The van der Waals surface area contributed by atoms with Crippen molar-refractivity contribution >= 4 is 16.9 Å². The average Bonchev–Trinajstić information content (AvgIpc) is 2.71. The Morgan fingerprint density at radius 1 is 1.03 bits per heavy atom. The Morgan fingerprint density at radius 2 is 1.70 bits per heavy atom. The number of ether oxygens (including phenoxy) is 1. The molecule has 0 heterocycles. The third kappa shape index (κ3) is 3.08. The van der Waals surface area contributed by atoms with E-state index in [0.717, 1.165) is 12.8 Å². The summed E-state index contributed by atoms with van der Waals surface area (Å²) in [7, 11) is 0. The van der Waals surface area contributed by atoms with Crippen LogP contribution in [-0.4, -0.2) is 12.2 Å². The second-order valence-corrected chi connectivity index (χ2v) is 9.53. The molecule has 3 aromatic carbocycles. The molecule has 3 nitrogen and oxygen atoms in total. The number of amides is 1. The number of rotatable bonds is 3. The Kier molecular flexibility index (Phi) is 5.09. The molecule has 0 saturated carbocycles. The summed E-state index contributed by atoms with van der Waals surface area (Å²) in [6.45, 7) is 9.06. The average molecular weight is 402 g/mol. The van der Waals surface area contributed by atoms with E-state index >= 15 is 0 Å². The molecule has 1 aliphatic rings. The van der Waals surface area contributed by atoms with E-state index in [4.69, 9.17) is 10.5 Å². The lowest BCUT2D eigenvalue weighted by atomic mass is 9.49. The highest BCUT2D eigenvalue weighted by Gasteiger charge is 2.57. The molecule has 1 aliphatic carbocycles. The van der Waals surface area contributed by atoms with Crippen LogP contribution in [0.1, 0.15) is 56.7 Å². The van der Waals surface area contributed by atoms with Gasteiger partial charge in [-0.05, 0) is 51.6 Å². The lowest BCUT2D eigenvalue weighted by molar-refractivity contribution is -0.0282. The molecule has 4 rings (SSSR count). The first-order chi connectivity index (χ1) is 14.3. The van der Waals surface area contributed by atoms with Gasteiger partial charge in [0.25, 0.3) is 0 Å². The molecule has 3 heteroatoms. The maximum Gasteiger partial charge on any atom is 0.404 e. The Hall–Kier alpha value is -2.81. The van der Waals surface area contributed by atoms with Gasteiger partial charge in [-0.3, -0.25) is 0 Å². The number of fused-ring (bicyclic) bond motifs is 2. The van der Waals surface area contributed by atoms with Crippen molar-refractivity contribution in [3.05, 3.63) is 83.4 Å². The van der Waals surface area contributed by atoms with Gasteiger partial charge in [0.15, 0.2) is 0 Å². The second-order valence-electron chi connectivity index (χ2n) is 9.53. The van der Waals surface area contributed by atoms with Gasteiger partial charge in [0, 0.05) is 5.41 Å². The number of aryl methyl sites for hydroxylation is 1. The van der Waals surface area contributed by atoms with E-state index in [1.165, 1.54) is 27.5 Å². The maximum absolute atomic E-state index is 12.0. The molecule has 2 N–H and O–H groups in total. The summed E-state index contributed by atoms with van der Waals surface area (Å²) in [6.07, 6.45) is 0.664. The van der Waals surface area contributed by atoms with Crippen molar-refractivity contribution in [3.63, 3.8) is 0 Å². The van der Waals surface area contributed by atoms with Crippen molar-refractivity contribution in [1.29, 1.82) is 0 Å². The van der Waals surface area contributed by atoms with Gasteiger partial charge in [-0.1, -0.05) is 94.4 Å². The topological polar surface area (TPSA) is 52.3 Å². The molecule has 156 valence electrons. The van der Waals surface area contributed by atoms with Gasteiger partial charge in [0.05, 0.1) is 0 Å². The highest BCUT2D eigenvalue weighted by molar-refractivity contribution is 5.86. The Labute approximate surface area is 179 Å². The SMILES string of the molecule is C[C@H](c1cccc2ccccc12)C1(C(C)(C)C)c2ccccc2CCC1OC(N)=O. The van der Waals surface area contributed by atoms with Crippen LogP contribution < -0.4 is 5.73 Å². The zero-order valence-electron chi connectivity index (χ0n) is 18.3. The molecule has 2 unspecified atom stereocenters. The zero-order chi connectivity index (χ0) is 21.5. The van der Waals surface area contributed by atoms with Gasteiger partial charge in [0.1, 0.15) is 6.10 Å². The molecule has 1 amide bonds. The minimum atomic E-state index is -0.696. The third-order valence-electron chi connectivity index (χ3n) is 7.12. The maximum atomic E-state index is 12.0. The van der Waals surface area contributed by atoms with Gasteiger partial charge in [-0.15, -0.1) is 0 Å². The van der Waals surface area contributed by atoms with Gasteiger partial charge in [-0.2, -0.15) is 0 Å². The lowest BCUT2D eigenvalue weighted by Crippen LogP contribution is -2.57. The first-order valence-corrected chi connectivity index (χ1v) is 10.8. The quantitative estimate of drug-likeness (QED) is 0.557. The number of carbonyl (C=O) groups excluding carboxylic acids is 1. The van der Waals surface area contributed by atoms with Crippen LogP contribution in [0.15, 0.2) is 66.7 Å². The van der Waals surface area contributed by atoms with Gasteiger partial charge in [-0.25, -0.2) is 4.79 Å². The standard InChI is InChI=1S/C27H31NO2/c1-18(21-14-9-12-19-10-5-7-13-22(19)21)27(26(2,3)4)23-15-8-6-11-20(23)16-17-24(27)30-25(28)29/h5-15,18,24H,16-17H2,1-4H3,(H2,28,29)/t18-,24?,27?/m1/s1. The minimum absolute atomic E-state index is 0.106. The molecule has 0 aliphatic heterocycles. The third-order valence-corrected chi connectivity index (χ3v) is 7.12. The van der Waals surface area contributed by atoms with Crippen molar-refractivity contribution in [3.8, 4) is 0 Å². The molecule has 3 atom stereocenters. The molecule has 0 saturated heterocycles. The smallest absolute Gasteiger partial charge is 0.404 e. The molecule has 0 bridgehead atoms. The molecule has 0 fully saturated rings. The Bertz CT molecular complexity index is 1080. The minimum Gasteiger partial charge on any atom is -0.445 e. The summed E-state index contributed by atoms with van der Waals surface area (Å²) in [6, 6.07) is 23.7. The van der Waals surface area contributed by atoms with Crippen LogP contribution in [0.25, 0.3) is 10.8 Å². The largest absolute Gasteiger partial charge is 0.445 e. The van der Waals surface area contributed by atoms with E-state index in [1.54, 1.807) is 0 Å². The number of carbonyl (C=O) groups is 1. The summed E-state index contributed by atoms with van der Waals surface area (Å²) < 4.78 is 5.88. The van der Waals surface area contributed by atoms with E-state index in [9.17, 15) is 4.79 Å². The van der Waals surface area contributed by atoms with Crippen LogP contribution in [-0.2, 0) is 16.6 Å². The molecule has 3 aromatic rings. The van der Waals surface area contributed by atoms with Crippen LogP contribution in [0.2, 0.25) is 0 Å². The number of hydrogen-bond donors (Lipinski definition) is 1. The number of primary amides is 1. The molecule has 30 heavy (non-hydrogen) atoms. The fourth-order valence-corrected chi connectivity index (χ4v) is 6.04. The summed E-state index contributed by atoms with van der Waals surface area (Å²) in [4.78, 5) is 12.0. The Morgan fingerprint density at radius 3 is 2.43 bits per heavy atom. The summed E-state index contributed by atoms with van der Waals surface area (Å²) in [5.74, 6) is 0.106. The summed E-state index contributed by atoms with van der Waals surface area (Å²) in [5.41, 5.74) is 8.87. The number of hydrogen-bond acceptors (Lipinski definition) is 2. The van der Waals surface area contributed by atoms with E-state index in [2.05, 4.69) is 94.4 Å². The van der Waals surface area contributed by atoms with Crippen molar-refractivity contribution in [2.45, 2.75) is 58.0 Å². The lowest BCUT2D eigenvalue weighted by Gasteiger charge is -2.56. The fourth-order valence-electron chi connectivity index (χ4n) is 6.04. The van der Waals surface area contributed by atoms with Crippen LogP contribution in [0.5, 0.6) is 0 Å². The molecule has 0 radical (unpaired) electrons. The number of benzene rings is 3. The second kappa shape index (κ2) is 7.46. The monoisotopic (exact) mass is 401 g/mol. The van der Waals surface area contributed by atoms with Crippen LogP contribution >= 0.6 is 0 Å². The number of nitrogens with two attached hydrogens (primary N) is 1. The summed E-state index contributed by atoms with van der Waals surface area (Å²) >= 11 is 0. The predicted octanol–water partition coefficient (Wildman–Crippen LogP) is 6.34. The van der Waals surface area contributed by atoms with E-state index in [0.29, 0.717) is 0 Å². The van der Waals surface area contributed by atoms with Crippen LogP contribution in [0.3, 0.4) is 0 Å². The van der Waals surface area contributed by atoms with Crippen molar-refractivity contribution in [1.82, 2.24) is 0 Å². The van der Waals surface area contributed by atoms with Gasteiger partial charge >= 0.3 is 6.09 Å². The Balaban J connectivity index is 2.03. The summed E-state index contributed by atoms with van der Waals surface area (Å²) in [5, 5.41) is 2.47. The zero-order valence-corrected chi connectivity index (χ0v) is 18.3. The van der Waals surface area contributed by atoms with E-state index in [1.807, 2.05) is 0 Å². The van der Waals surface area contributed by atoms with Gasteiger partial charge < -0.3 is 10.5 Å². The molecular formula is C27H31NO2. The van der Waals surface area contributed by atoms with Crippen LogP contribution in [0.4, 0.5) is 4.79 Å². The fraction of sp³-hybridized carbons (Fsp3) is 0.370. The molecule has 0 aromatic heterocycles. The van der Waals surface area contributed by atoms with E-state index < -0.39 is 11.5 Å². The normalized spacial score (nSPS) is 22.3. The highest BCUT2D eigenvalue weighted by atomic mass is 16.6. The predicted molar refractivity (Wildman–Crippen MR) is 123 cm³/mol. The molecular weight excluding hydrogens is 370 g/mol. The highest BCUT2D eigenvalue weighted by Crippen LogP contribution is 2.58. The van der Waals surface area contributed by atoms with Crippen molar-refractivity contribution in [2.75, 3.05) is 0 Å². The van der Waals surface area contributed by atoms with Crippen molar-refractivity contribution in [2.24, 2.45) is 11.1 Å². The van der Waals surface area contributed by atoms with Crippen LogP contribution in [0, 0.1) is 5.41 Å². The first-order valence-electron chi connectivity index (χ1n) is 10.8. The van der Waals surface area contributed by atoms with Crippen molar-refractivity contribution < 1.29 is 9.53 Å².